The molecule has 0 aliphatic heterocycles. The van der Waals surface area contributed by atoms with E-state index in [1.807, 2.05) is 18.4 Å². The molecule has 2 aromatic rings. The minimum atomic E-state index is 0.106. The summed E-state index contributed by atoms with van der Waals surface area (Å²) in [5.74, 6) is 1.33. The Balaban J connectivity index is 2.27. The minimum absolute atomic E-state index is 0.106. The molecule has 0 spiro atoms. The second kappa shape index (κ2) is 4.42. The lowest BCUT2D eigenvalue weighted by Crippen LogP contribution is -2.08. The fraction of sp³-hybridized carbons (Fsp3) is 0.333. The summed E-state index contributed by atoms with van der Waals surface area (Å²) in [7, 11) is 0. The lowest BCUT2D eigenvalue weighted by atomic mass is 10.2. The Morgan fingerprint density at radius 1 is 1.67 bits per heavy atom. The second-order valence-electron chi connectivity index (χ2n) is 3.22. The van der Waals surface area contributed by atoms with Crippen LogP contribution in [0.5, 0.6) is 0 Å². The molecule has 2 rings (SSSR count). The summed E-state index contributed by atoms with van der Waals surface area (Å²) < 4.78 is 6.16. The molecule has 0 aliphatic carbocycles. The van der Waals surface area contributed by atoms with Gasteiger partial charge in [-0.05, 0) is 22.0 Å². The monoisotopic (exact) mass is 287 g/mol. The van der Waals surface area contributed by atoms with Crippen molar-refractivity contribution in [1.29, 1.82) is 0 Å². The maximum absolute atomic E-state index is 5.52. The fourth-order valence-corrected chi connectivity index (χ4v) is 2.42. The van der Waals surface area contributed by atoms with Crippen LogP contribution in [0.15, 0.2) is 20.4 Å². The molecule has 4 nitrogen and oxygen atoms in total. The first-order chi connectivity index (χ1) is 7.20. The predicted octanol–water partition coefficient (Wildman–Crippen LogP) is 2.62. The maximum Gasteiger partial charge on any atom is 0.231 e. The molecule has 2 N–H and O–H groups in total. The van der Waals surface area contributed by atoms with Gasteiger partial charge in [-0.2, -0.15) is 4.98 Å². The Morgan fingerprint density at radius 3 is 3.07 bits per heavy atom. The second-order valence-corrected chi connectivity index (χ2v) is 5.05. The van der Waals surface area contributed by atoms with Crippen molar-refractivity contribution in [2.75, 3.05) is 6.54 Å². The Hall–Kier alpha value is -0.720. The summed E-state index contributed by atoms with van der Waals surface area (Å²) in [4.78, 5) is 5.28. The topological polar surface area (TPSA) is 64.9 Å². The summed E-state index contributed by atoms with van der Waals surface area (Å²) >= 11 is 4.96. The highest BCUT2D eigenvalue weighted by Gasteiger charge is 2.14. The van der Waals surface area contributed by atoms with E-state index in [1.54, 1.807) is 11.3 Å². The lowest BCUT2D eigenvalue weighted by molar-refractivity contribution is 0.361. The Morgan fingerprint density at radius 2 is 2.47 bits per heavy atom. The molecule has 0 saturated heterocycles. The average molecular weight is 288 g/mol. The molecule has 1 unspecified atom stereocenters. The van der Waals surface area contributed by atoms with E-state index in [2.05, 4.69) is 26.1 Å². The van der Waals surface area contributed by atoms with Crippen molar-refractivity contribution in [1.82, 2.24) is 10.1 Å². The number of rotatable bonds is 3. The zero-order chi connectivity index (χ0) is 10.8. The van der Waals surface area contributed by atoms with E-state index in [-0.39, 0.29) is 5.92 Å². The van der Waals surface area contributed by atoms with Gasteiger partial charge >= 0.3 is 0 Å². The third kappa shape index (κ3) is 2.27. The Labute approximate surface area is 99.6 Å². The van der Waals surface area contributed by atoms with Crippen molar-refractivity contribution < 1.29 is 4.52 Å². The molecule has 6 heteroatoms. The number of hydrogen-bond acceptors (Lipinski definition) is 5. The smallest absolute Gasteiger partial charge is 0.231 e. The van der Waals surface area contributed by atoms with Crippen LogP contribution in [-0.4, -0.2) is 16.7 Å². The molecule has 15 heavy (non-hydrogen) atoms. The molecule has 2 heterocycles. The van der Waals surface area contributed by atoms with Crippen molar-refractivity contribution in [2.24, 2.45) is 5.73 Å². The SMILES string of the molecule is CC(CN)c1nc(-c2cc(Br)cs2)no1. The molecule has 1 atom stereocenters. The van der Waals surface area contributed by atoms with Crippen LogP contribution in [0.3, 0.4) is 0 Å². The van der Waals surface area contributed by atoms with Gasteiger partial charge in [-0.15, -0.1) is 11.3 Å². The number of nitrogens with zero attached hydrogens (tertiary/aromatic N) is 2. The van der Waals surface area contributed by atoms with Gasteiger partial charge in [-0.1, -0.05) is 12.1 Å². The highest BCUT2D eigenvalue weighted by atomic mass is 79.9. The van der Waals surface area contributed by atoms with E-state index < -0.39 is 0 Å². The van der Waals surface area contributed by atoms with E-state index in [1.165, 1.54) is 0 Å². The first-order valence-electron chi connectivity index (χ1n) is 4.48. The molecule has 0 radical (unpaired) electrons. The van der Waals surface area contributed by atoms with Crippen molar-refractivity contribution in [2.45, 2.75) is 12.8 Å². The molecule has 0 amide bonds. The zero-order valence-corrected chi connectivity index (χ0v) is 10.5. The van der Waals surface area contributed by atoms with Gasteiger partial charge < -0.3 is 10.3 Å². The van der Waals surface area contributed by atoms with Crippen molar-refractivity contribution >= 4 is 27.3 Å². The van der Waals surface area contributed by atoms with Crippen molar-refractivity contribution in [3.8, 4) is 10.7 Å². The predicted molar refractivity (Wildman–Crippen MR) is 62.8 cm³/mol. The standard InChI is InChI=1S/C9H10BrN3OS/c1-5(3-11)9-12-8(13-14-9)7-2-6(10)4-15-7/h2,4-5H,3,11H2,1H3. The summed E-state index contributed by atoms with van der Waals surface area (Å²) in [6.07, 6.45) is 0. The molecule has 0 saturated carbocycles. The van der Waals surface area contributed by atoms with Crippen LogP contribution < -0.4 is 5.73 Å². The first kappa shape index (κ1) is 10.8. The number of thiophene rings is 1. The van der Waals surface area contributed by atoms with Gasteiger partial charge in [0, 0.05) is 22.3 Å². The summed E-state index contributed by atoms with van der Waals surface area (Å²) in [5.41, 5.74) is 5.52. The fourth-order valence-electron chi connectivity index (χ4n) is 1.07. The summed E-state index contributed by atoms with van der Waals surface area (Å²) in [6.45, 7) is 2.47. The molecule has 0 bridgehead atoms. The molecule has 0 aromatic carbocycles. The number of aromatic nitrogens is 2. The van der Waals surface area contributed by atoms with E-state index in [4.69, 9.17) is 10.3 Å². The van der Waals surface area contributed by atoms with Gasteiger partial charge in [0.1, 0.15) is 0 Å². The van der Waals surface area contributed by atoms with Crippen LogP contribution in [0.1, 0.15) is 18.7 Å². The van der Waals surface area contributed by atoms with E-state index >= 15 is 0 Å². The van der Waals surface area contributed by atoms with Crippen LogP contribution >= 0.6 is 27.3 Å². The number of halogens is 1. The highest BCUT2D eigenvalue weighted by molar-refractivity contribution is 9.10. The van der Waals surface area contributed by atoms with Crippen LogP contribution in [-0.2, 0) is 0 Å². The normalized spacial score (nSPS) is 13.0. The van der Waals surface area contributed by atoms with Crippen molar-refractivity contribution in [3.63, 3.8) is 0 Å². The molecule has 2 aromatic heterocycles. The zero-order valence-electron chi connectivity index (χ0n) is 8.11. The van der Waals surface area contributed by atoms with E-state index in [0.29, 0.717) is 18.3 Å². The third-order valence-electron chi connectivity index (χ3n) is 2.00. The van der Waals surface area contributed by atoms with Gasteiger partial charge in [-0.25, -0.2) is 0 Å². The van der Waals surface area contributed by atoms with Crippen LogP contribution in [0, 0.1) is 0 Å². The average Bonchev–Trinajstić information content (AvgIpc) is 2.84. The maximum atomic E-state index is 5.52. The Kier molecular flexibility index (Phi) is 3.18. The summed E-state index contributed by atoms with van der Waals surface area (Å²) in [5, 5.41) is 5.90. The van der Waals surface area contributed by atoms with Crippen molar-refractivity contribution in [3.05, 3.63) is 21.8 Å². The van der Waals surface area contributed by atoms with Crippen LogP contribution in [0.2, 0.25) is 0 Å². The Bertz CT molecular complexity index is 454. The lowest BCUT2D eigenvalue weighted by Gasteiger charge is -1.98. The van der Waals surface area contributed by atoms with Crippen LogP contribution in [0.25, 0.3) is 10.7 Å². The molecule has 80 valence electrons. The summed E-state index contributed by atoms with van der Waals surface area (Å²) in [6, 6.07) is 1.96. The first-order valence-corrected chi connectivity index (χ1v) is 6.16. The number of nitrogens with two attached hydrogens (primary N) is 1. The molecule has 0 fully saturated rings. The third-order valence-corrected chi connectivity index (χ3v) is 3.69. The van der Waals surface area contributed by atoms with Gasteiger partial charge in [0.15, 0.2) is 0 Å². The molecular formula is C9H10BrN3OS. The quantitative estimate of drug-likeness (QED) is 0.943. The highest BCUT2D eigenvalue weighted by Crippen LogP contribution is 2.28. The van der Waals surface area contributed by atoms with Gasteiger partial charge in [0.25, 0.3) is 0 Å². The van der Waals surface area contributed by atoms with Gasteiger partial charge in [-0.3, -0.25) is 0 Å². The van der Waals surface area contributed by atoms with Gasteiger partial charge in [0.05, 0.1) is 4.88 Å². The molecular weight excluding hydrogens is 278 g/mol. The number of hydrogen-bond donors (Lipinski definition) is 1. The van der Waals surface area contributed by atoms with Crippen LogP contribution in [0.4, 0.5) is 0 Å². The minimum Gasteiger partial charge on any atom is -0.339 e. The van der Waals surface area contributed by atoms with E-state index in [0.717, 1.165) is 9.35 Å². The van der Waals surface area contributed by atoms with Gasteiger partial charge in [0.2, 0.25) is 11.7 Å². The van der Waals surface area contributed by atoms with E-state index in [9.17, 15) is 0 Å². The largest absolute Gasteiger partial charge is 0.339 e. The molecule has 0 aliphatic rings.